The third kappa shape index (κ3) is 4.57. The maximum Gasteiger partial charge on any atom is 0.268 e. The largest absolute Gasteiger partial charge is 0.493 e. The number of hydrogen-bond donors (Lipinski definition) is 1. The third-order valence-corrected chi connectivity index (χ3v) is 7.81. The molecular formula is C23H23N3O5S2. The van der Waals surface area contributed by atoms with Crippen molar-refractivity contribution in [3.8, 4) is 11.5 Å². The van der Waals surface area contributed by atoms with Crippen LogP contribution in [-0.2, 0) is 21.2 Å². The molecule has 8 nitrogen and oxygen atoms in total. The van der Waals surface area contributed by atoms with E-state index in [0.717, 1.165) is 10.4 Å². The number of aryl methyl sites for hydroxylation is 1. The predicted molar refractivity (Wildman–Crippen MR) is 129 cm³/mol. The maximum absolute atomic E-state index is 13.7. The highest BCUT2D eigenvalue weighted by atomic mass is 32.2. The third-order valence-electron chi connectivity index (χ3n) is 5.16. The number of para-hydroxylation sites is 1. The van der Waals surface area contributed by atoms with E-state index in [9.17, 15) is 13.2 Å². The van der Waals surface area contributed by atoms with E-state index in [1.807, 2.05) is 25.1 Å². The van der Waals surface area contributed by atoms with Gasteiger partial charge in [-0.2, -0.15) is 0 Å². The minimum absolute atomic E-state index is 0.0309. The Bertz CT molecular complexity index is 1330. The van der Waals surface area contributed by atoms with Gasteiger partial charge in [-0.25, -0.2) is 13.4 Å². The number of hydrogen-bond acceptors (Lipinski definition) is 7. The summed E-state index contributed by atoms with van der Waals surface area (Å²) in [5, 5.41) is 3.18. The zero-order valence-electron chi connectivity index (χ0n) is 18.4. The molecule has 0 fully saturated rings. The van der Waals surface area contributed by atoms with Crippen LogP contribution in [-0.4, -0.2) is 40.1 Å². The average Bonchev–Trinajstić information content (AvgIpc) is 3.43. The van der Waals surface area contributed by atoms with Gasteiger partial charge in [-0.05, 0) is 48.7 Å². The standard InChI is InChI=1S/C23H23N3O5S2/c1-15-14-24-23(32-15)25-21(27)9-8-16-12-19(30-2)22(31-3)20(13-16)33(28,29)26-11-10-17-6-4-5-7-18(17)26/h4-9,12-14H,10-11H2,1-3H3,(H,24,25,27). The molecule has 1 aliphatic rings. The molecule has 0 saturated heterocycles. The summed E-state index contributed by atoms with van der Waals surface area (Å²) in [6.45, 7) is 2.23. The van der Waals surface area contributed by atoms with Crippen LogP contribution in [0, 0.1) is 6.92 Å². The van der Waals surface area contributed by atoms with E-state index >= 15 is 0 Å². The fourth-order valence-electron chi connectivity index (χ4n) is 3.65. The first-order chi connectivity index (χ1) is 15.8. The number of nitrogens with zero attached hydrogens (tertiary/aromatic N) is 2. The zero-order valence-corrected chi connectivity index (χ0v) is 20.0. The monoisotopic (exact) mass is 485 g/mol. The molecular weight excluding hydrogens is 462 g/mol. The number of ether oxygens (including phenoxy) is 2. The van der Waals surface area contributed by atoms with Crippen molar-refractivity contribution in [3.63, 3.8) is 0 Å². The van der Waals surface area contributed by atoms with Crippen molar-refractivity contribution < 1.29 is 22.7 Å². The molecule has 0 unspecified atom stereocenters. The maximum atomic E-state index is 13.7. The van der Waals surface area contributed by atoms with Gasteiger partial charge >= 0.3 is 0 Å². The second kappa shape index (κ2) is 9.24. The zero-order chi connectivity index (χ0) is 23.6. The van der Waals surface area contributed by atoms with Crippen molar-refractivity contribution in [2.24, 2.45) is 0 Å². The van der Waals surface area contributed by atoms with Crippen LogP contribution in [0.5, 0.6) is 11.5 Å². The molecule has 0 atom stereocenters. The SMILES string of the molecule is COc1cc(C=CC(=O)Nc2ncc(C)s2)cc(S(=O)(=O)N2CCc3ccccc32)c1OC. The van der Waals surface area contributed by atoms with Crippen molar-refractivity contribution in [1.82, 2.24) is 4.98 Å². The molecule has 4 rings (SSSR count). The van der Waals surface area contributed by atoms with E-state index in [1.165, 1.54) is 48.1 Å². The summed E-state index contributed by atoms with van der Waals surface area (Å²) in [4.78, 5) is 17.3. The number of rotatable bonds is 7. The van der Waals surface area contributed by atoms with Crippen LogP contribution in [0.1, 0.15) is 16.0 Å². The second-order valence-electron chi connectivity index (χ2n) is 7.31. The Kier molecular flexibility index (Phi) is 6.39. The number of nitrogens with one attached hydrogen (secondary N) is 1. The number of amides is 1. The van der Waals surface area contributed by atoms with Gasteiger partial charge in [0.25, 0.3) is 10.0 Å². The van der Waals surface area contributed by atoms with E-state index < -0.39 is 10.0 Å². The highest BCUT2D eigenvalue weighted by Gasteiger charge is 2.34. The molecule has 0 bridgehead atoms. The molecule has 0 spiro atoms. The lowest BCUT2D eigenvalue weighted by Crippen LogP contribution is -2.29. The van der Waals surface area contributed by atoms with Gasteiger partial charge in [0.15, 0.2) is 16.6 Å². The second-order valence-corrected chi connectivity index (χ2v) is 10.4. The van der Waals surface area contributed by atoms with Crippen LogP contribution < -0.4 is 19.1 Å². The molecule has 2 heterocycles. The van der Waals surface area contributed by atoms with Gasteiger partial charge in [-0.1, -0.05) is 18.2 Å². The Morgan fingerprint density at radius 2 is 2.00 bits per heavy atom. The van der Waals surface area contributed by atoms with E-state index in [2.05, 4.69) is 10.3 Å². The lowest BCUT2D eigenvalue weighted by atomic mass is 10.2. The summed E-state index contributed by atoms with van der Waals surface area (Å²) in [6, 6.07) is 10.5. The van der Waals surface area contributed by atoms with Crippen molar-refractivity contribution in [1.29, 1.82) is 0 Å². The fraction of sp³-hybridized carbons (Fsp3) is 0.217. The van der Waals surface area contributed by atoms with Gasteiger partial charge in [-0.15, -0.1) is 11.3 Å². The van der Waals surface area contributed by atoms with Gasteiger partial charge in [0.2, 0.25) is 5.91 Å². The molecule has 172 valence electrons. The number of fused-ring (bicyclic) bond motifs is 1. The van der Waals surface area contributed by atoms with Gasteiger partial charge in [0, 0.05) is 23.7 Å². The molecule has 1 aromatic heterocycles. The summed E-state index contributed by atoms with van der Waals surface area (Å²) < 4.78 is 39.5. The Hall–Kier alpha value is -3.37. The number of anilines is 2. The minimum atomic E-state index is -3.95. The number of thiazole rings is 1. The first-order valence-corrected chi connectivity index (χ1v) is 12.4. The van der Waals surface area contributed by atoms with Crippen molar-refractivity contribution in [2.75, 3.05) is 30.4 Å². The molecule has 0 saturated carbocycles. The van der Waals surface area contributed by atoms with Crippen LogP contribution in [0.4, 0.5) is 10.8 Å². The Balaban J connectivity index is 1.69. The molecule has 1 N–H and O–H groups in total. The minimum Gasteiger partial charge on any atom is -0.493 e. The Labute approximate surface area is 196 Å². The van der Waals surface area contributed by atoms with E-state index in [-0.39, 0.29) is 22.3 Å². The molecule has 1 aliphatic heterocycles. The first-order valence-electron chi connectivity index (χ1n) is 10.1. The first kappa shape index (κ1) is 22.8. The number of carbonyl (C=O) groups excluding carboxylic acids is 1. The highest BCUT2D eigenvalue weighted by Crippen LogP contribution is 2.40. The summed E-state index contributed by atoms with van der Waals surface area (Å²) >= 11 is 1.36. The van der Waals surface area contributed by atoms with Gasteiger partial charge < -0.3 is 9.47 Å². The van der Waals surface area contributed by atoms with Crippen LogP contribution in [0.3, 0.4) is 0 Å². The van der Waals surface area contributed by atoms with Gasteiger partial charge in [0.05, 0.1) is 19.9 Å². The Morgan fingerprint density at radius 1 is 1.21 bits per heavy atom. The van der Waals surface area contributed by atoms with Crippen molar-refractivity contribution in [2.45, 2.75) is 18.2 Å². The topological polar surface area (TPSA) is 97.8 Å². The molecule has 10 heteroatoms. The Morgan fingerprint density at radius 3 is 2.70 bits per heavy atom. The summed E-state index contributed by atoms with van der Waals surface area (Å²) in [5.41, 5.74) is 2.10. The lowest BCUT2D eigenvalue weighted by molar-refractivity contribution is -0.111. The smallest absolute Gasteiger partial charge is 0.268 e. The lowest BCUT2D eigenvalue weighted by Gasteiger charge is -2.22. The molecule has 3 aromatic rings. The van der Waals surface area contributed by atoms with Crippen LogP contribution in [0.25, 0.3) is 6.08 Å². The van der Waals surface area contributed by atoms with Gasteiger partial charge in [-0.3, -0.25) is 14.4 Å². The average molecular weight is 486 g/mol. The number of sulfonamides is 1. The van der Waals surface area contributed by atoms with E-state index in [1.54, 1.807) is 18.3 Å². The molecule has 0 radical (unpaired) electrons. The normalized spacial score (nSPS) is 13.2. The number of aromatic nitrogens is 1. The predicted octanol–water partition coefficient (Wildman–Crippen LogP) is 3.87. The fourth-order valence-corrected chi connectivity index (χ4v) is 6.02. The number of carbonyl (C=O) groups is 1. The quantitative estimate of drug-likeness (QED) is 0.510. The van der Waals surface area contributed by atoms with Crippen LogP contribution in [0.15, 0.2) is 53.6 Å². The summed E-state index contributed by atoms with van der Waals surface area (Å²) in [6.07, 6.45) is 5.14. The van der Waals surface area contributed by atoms with Crippen molar-refractivity contribution >= 4 is 44.2 Å². The molecule has 1 amide bonds. The molecule has 0 aliphatic carbocycles. The number of methoxy groups -OCH3 is 2. The highest BCUT2D eigenvalue weighted by molar-refractivity contribution is 7.93. The molecule has 33 heavy (non-hydrogen) atoms. The van der Waals surface area contributed by atoms with E-state index in [0.29, 0.717) is 29.3 Å². The summed E-state index contributed by atoms with van der Waals surface area (Å²) in [7, 11) is -1.12. The van der Waals surface area contributed by atoms with Crippen LogP contribution in [0.2, 0.25) is 0 Å². The van der Waals surface area contributed by atoms with Crippen LogP contribution >= 0.6 is 11.3 Å². The van der Waals surface area contributed by atoms with E-state index in [4.69, 9.17) is 9.47 Å². The van der Waals surface area contributed by atoms with Crippen molar-refractivity contribution in [3.05, 3.63) is 64.7 Å². The summed E-state index contributed by atoms with van der Waals surface area (Å²) in [5.74, 6) is -0.0135. The molecule has 2 aromatic carbocycles. The number of benzene rings is 2. The van der Waals surface area contributed by atoms with Gasteiger partial charge in [0.1, 0.15) is 4.90 Å².